The standard InChI is InChI=1S/C15H21BrClNO/c1-10(2)8-18(9-11(3)4)15(19)13-7-12(17)5-6-14(13)16/h5-7,10-11H,8-9H2,1-4H3. The minimum absolute atomic E-state index is 0.0387. The van der Waals surface area contributed by atoms with E-state index in [2.05, 4.69) is 43.6 Å². The molecule has 0 radical (unpaired) electrons. The molecular formula is C15H21BrClNO. The molecule has 0 fully saturated rings. The van der Waals surface area contributed by atoms with Crippen LogP contribution in [0.3, 0.4) is 0 Å². The predicted octanol–water partition coefficient (Wildman–Crippen LogP) is 4.86. The Balaban J connectivity index is 3.00. The van der Waals surface area contributed by atoms with E-state index < -0.39 is 0 Å². The van der Waals surface area contributed by atoms with Gasteiger partial charge in [0, 0.05) is 22.6 Å². The second kappa shape index (κ2) is 7.30. The van der Waals surface area contributed by atoms with E-state index in [4.69, 9.17) is 11.6 Å². The van der Waals surface area contributed by atoms with Crippen molar-refractivity contribution in [2.75, 3.05) is 13.1 Å². The van der Waals surface area contributed by atoms with Crippen molar-refractivity contribution < 1.29 is 4.79 Å². The fraction of sp³-hybridized carbons (Fsp3) is 0.533. The van der Waals surface area contributed by atoms with Crippen LogP contribution >= 0.6 is 27.5 Å². The Morgan fingerprint density at radius 1 is 1.21 bits per heavy atom. The number of nitrogens with zero attached hydrogens (tertiary/aromatic N) is 1. The van der Waals surface area contributed by atoms with Crippen LogP contribution in [-0.2, 0) is 0 Å². The molecule has 0 unspecified atom stereocenters. The average Bonchev–Trinajstić information content (AvgIpc) is 2.29. The van der Waals surface area contributed by atoms with Crippen LogP contribution in [0.15, 0.2) is 22.7 Å². The highest BCUT2D eigenvalue weighted by Gasteiger charge is 2.20. The van der Waals surface area contributed by atoms with Crippen LogP contribution in [0, 0.1) is 11.8 Å². The van der Waals surface area contributed by atoms with Gasteiger partial charge in [-0.05, 0) is 46.0 Å². The Morgan fingerprint density at radius 3 is 2.21 bits per heavy atom. The first-order valence-corrected chi connectivity index (χ1v) is 7.72. The quantitative estimate of drug-likeness (QED) is 0.746. The van der Waals surface area contributed by atoms with Crippen LogP contribution in [0.2, 0.25) is 5.02 Å². The van der Waals surface area contributed by atoms with E-state index in [0.717, 1.165) is 17.6 Å². The van der Waals surface area contributed by atoms with Gasteiger partial charge < -0.3 is 4.90 Å². The average molecular weight is 347 g/mol. The largest absolute Gasteiger partial charge is 0.338 e. The van der Waals surface area contributed by atoms with E-state index in [1.54, 1.807) is 12.1 Å². The van der Waals surface area contributed by atoms with Crippen molar-refractivity contribution in [1.29, 1.82) is 0 Å². The summed E-state index contributed by atoms with van der Waals surface area (Å²) in [7, 11) is 0. The van der Waals surface area contributed by atoms with Crippen molar-refractivity contribution in [2.24, 2.45) is 11.8 Å². The van der Waals surface area contributed by atoms with Crippen molar-refractivity contribution in [1.82, 2.24) is 4.90 Å². The number of rotatable bonds is 5. The van der Waals surface area contributed by atoms with Gasteiger partial charge in [0.05, 0.1) is 5.56 Å². The second-order valence-electron chi connectivity index (χ2n) is 5.62. The van der Waals surface area contributed by atoms with E-state index in [0.29, 0.717) is 22.4 Å². The van der Waals surface area contributed by atoms with Crippen molar-refractivity contribution in [3.63, 3.8) is 0 Å². The molecule has 0 aromatic heterocycles. The van der Waals surface area contributed by atoms with Crippen molar-refractivity contribution in [3.05, 3.63) is 33.3 Å². The van der Waals surface area contributed by atoms with Gasteiger partial charge in [-0.25, -0.2) is 0 Å². The van der Waals surface area contributed by atoms with Crippen molar-refractivity contribution >= 4 is 33.4 Å². The summed E-state index contributed by atoms with van der Waals surface area (Å²) in [5, 5.41) is 0.584. The molecule has 0 N–H and O–H groups in total. The maximum absolute atomic E-state index is 12.6. The lowest BCUT2D eigenvalue weighted by molar-refractivity contribution is 0.0714. The molecule has 0 bridgehead atoms. The molecule has 4 heteroatoms. The zero-order chi connectivity index (χ0) is 14.6. The second-order valence-corrected chi connectivity index (χ2v) is 6.91. The monoisotopic (exact) mass is 345 g/mol. The van der Waals surface area contributed by atoms with Gasteiger partial charge in [-0.3, -0.25) is 4.79 Å². The molecule has 1 aromatic rings. The van der Waals surface area contributed by atoms with Crippen LogP contribution in [0.1, 0.15) is 38.1 Å². The number of benzene rings is 1. The number of carbonyl (C=O) groups excluding carboxylic acids is 1. The number of hydrogen-bond acceptors (Lipinski definition) is 1. The normalized spacial score (nSPS) is 11.2. The lowest BCUT2D eigenvalue weighted by Crippen LogP contribution is -2.37. The van der Waals surface area contributed by atoms with Gasteiger partial charge in [0.1, 0.15) is 0 Å². The summed E-state index contributed by atoms with van der Waals surface area (Å²) in [6.07, 6.45) is 0. The maximum Gasteiger partial charge on any atom is 0.255 e. The predicted molar refractivity (Wildman–Crippen MR) is 84.7 cm³/mol. The minimum Gasteiger partial charge on any atom is -0.338 e. The molecule has 0 saturated carbocycles. The summed E-state index contributed by atoms with van der Waals surface area (Å²) in [4.78, 5) is 14.5. The van der Waals surface area contributed by atoms with E-state index in [1.165, 1.54) is 0 Å². The Hall–Kier alpha value is -0.540. The first kappa shape index (κ1) is 16.5. The smallest absolute Gasteiger partial charge is 0.255 e. The lowest BCUT2D eigenvalue weighted by atomic mass is 10.1. The van der Waals surface area contributed by atoms with E-state index in [9.17, 15) is 4.79 Å². The van der Waals surface area contributed by atoms with Crippen LogP contribution in [0.25, 0.3) is 0 Å². The molecule has 0 spiro atoms. The number of halogens is 2. The fourth-order valence-electron chi connectivity index (χ4n) is 1.95. The molecular weight excluding hydrogens is 326 g/mol. The summed E-state index contributed by atoms with van der Waals surface area (Å²) >= 11 is 9.41. The highest BCUT2D eigenvalue weighted by atomic mass is 79.9. The minimum atomic E-state index is 0.0387. The molecule has 0 aliphatic rings. The number of carbonyl (C=O) groups is 1. The van der Waals surface area contributed by atoms with Gasteiger partial charge in [0.25, 0.3) is 5.91 Å². The zero-order valence-electron chi connectivity index (χ0n) is 11.9. The summed E-state index contributed by atoms with van der Waals surface area (Å²) in [6.45, 7) is 9.99. The Morgan fingerprint density at radius 2 is 1.74 bits per heavy atom. The van der Waals surface area contributed by atoms with Crippen LogP contribution < -0.4 is 0 Å². The molecule has 0 heterocycles. The van der Waals surface area contributed by atoms with E-state index in [-0.39, 0.29) is 5.91 Å². The molecule has 2 nitrogen and oxygen atoms in total. The number of amides is 1. The first-order valence-electron chi connectivity index (χ1n) is 6.55. The van der Waals surface area contributed by atoms with Crippen LogP contribution in [0.4, 0.5) is 0 Å². The molecule has 0 aliphatic carbocycles. The summed E-state index contributed by atoms with van der Waals surface area (Å²) in [5.41, 5.74) is 0.633. The van der Waals surface area contributed by atoms with Gasteiger partial charge in [0.2, 0.25) is 0 Å². The molecule has 1 amide bonds. The molecule has 0 saturated heterocycles. The van der Waals surface area contributed by atoms with Gasteiger partial charge in [-0.15, -0.1) is 0 Å². The Labute approximate surface area is 129 Å². The molecule has 1 rings (SSSR count). The third-order valence-corrected chi connectivity index (χ3v) is 3.54. The third kappa shape index (κ3) is 5.15. The first-order chi connectivity index (χ1) is 8.81. The molecule has 19 heavy (non-hydrogen) atoms. The summed E-state index contributed by atoms with van der Waals surface area (Å²) < 4.78 is 0.791. The molecule has 106 valence electrons. The van der Waals surface area contributed by atoms with E-state index in [1.807, 2.05) is 11.0 Å². The SMILES string of the molecule is CC(C)CN(CC(C)C)C(=O)c1cc(Cl)ccc1Br. The van der Waals surface area contributed by atoms with Gasteiger partial charge >= 0.3 is 0 Å². The highest BCUT2D eigenvalue weighted by Crippen LogP contribution is 2.23. The zero-order valence-corrected chi connectivity index (χ0v) is 14.3. The van der Waals surface area contributed by atoms with Crippen molar-refractivity contribution in [2.45, 2.75) is 27.7 Å². The molecule has 0 aliphatic heterocycles. The maximum atomic E-state index is 12.6. The van der Waals surface area contributed by atoms with Crippen LogP contribution in [-0.4, -0.2) is 23.9 Å². The molecule has 1 aromatic carbocycles. The summed E-state index contributed by atoms with van der Waals surface area (Å²) in [6, 6.07) is 5.32. The summed E-state index contributed by atoms with van der Waals surface area (Å²) in [5.74, 6) is 0.929. The van der Waals surface area contributed by atoms with Gasteiger partial charge in [-0.1, -0.05) is 39.3 Å². The molecule has 0 atom stereocenters. The lowest BCUT2D eigenvalue weighted by Gasteiger charge is -2.27. The Kier molecular flexibility index (Phi) is 6.34. The van der Waals surface area contributed by atoms with Crippen LogP contribution in [0.5, 0.6) is 0 Å². The fourth-order valence-corrected chi connectivity index (χ4v) is 2.54. The van der Waals surface area contributed by atoms with Gasteiger partial charge in [-0.2, -0.15) is 0 Å². The Bertz CT molecular complexity index is 436. The van der Waals surface area contributed by atoms with E-state index >= 15 is 0 Å². The topological polar surface area (TPSA) is 20.3 Å². The van der Waals surface area contributed by atoms with Gasteiger partial charge in [0.15, 0.2) is 0 Å². The third-order valence-electron chi connectivity index (χ3n) is 2.62. The van der Waals surface area contributed by atoms with Crippen molar-refractivity contribution in [3.8, 4) is 0 Å². The highest BCUT2D eigenvalue weighted by molar-refractivity contribution is 9.10. The number of hydrogen-bond donors (Lipinski definition) is 0.